The standard InChI is InChI=1S/C18H17F6N5O/c1-10-8-29(9-26-10)13-5-4-12(6-14(13)30-3)27-11(2)28-16(18(22,23)24)7-15(25)17(19,20)21/h4-9,27H,2,25H2,1,3H3/b15-7-,28-16+. The number of hydrogen-bond donors (Lipinski definition) is 2. The van der Waals surface area contributed by atoms with Crippen LogP contribution in [0.1, 0.15) is 5.69 Å². The quantitative estimate of drug-likeness (QED) is 0.520. The fourth-order valence-corrected chi connectivity index (χ4v) is 2.27. The summed E-state index contributed by atoms with van der Waals surface area (Å²) in [5, 5.41) is 2.48. The van der Waals surface area contributed by atoms with Crippen LogP contribution in [0.5, 0.6) is 5.75 Å². The third kappa shape index (κ3) is 5.78. The molecule has 0 spiro atoms. The molecule has 3 N–H and O–H groups in total. The summed E-state index contributed by atoms with van der Waals surface area (Å²) < 4.78 is 83.5. The Bertz CT molecular complexity index is 988. The van der Waals surface area contributed by atoms with E-state index in [9.17, 15) is 26.3 Å². The molecule has 0 amide bonds. The lowest BCUT2D eigenvalue weighted by molar-refractivity contribution is -0.0928. The number of nitrogens with zero attached hydrogens (tertiary/aromatic N) is 3. The van der Waals surface area contributed by atoms with Gasteiger partial charge < -0.3 is 20.4 Å². The molecule has 0 atom stereocenters. The number of ether oxygens (including phenoxy) is 1. The van der Waals surface area contributed by atoms with E-state index < -0.39 is 29.6 Å². The first-order chi connectivity index (χ1) is 13.8. The van der Waals surface area contributed by atoms with Gasteiger partial charge in [0, 0.05) is 18.0 Å². The Morgan fingerprint density at radius 3 is 2.40 bits per heavy atom. The van der Waals surface area contributed by atoms with Gasteiger partial charge in [-0.15, -0.1) is 0 Å². The number of rotatable bonds is 6. The van der Waals surface area contributed by atoms with E-state index in [1.807, 2.05) is 0 Å². The van der Waals surface area contributed by atoms with E-state index in [4.69, 9.17) is 4.74 Å². The molecule has 1 heterocycles. The second-order valence-electron chi connectivity index (χ2n) is 5.97. The number of halogens is 6. The number of alkyl halides is 6. The fourth-order valence-electron chi connectivity index (χ4n) is 2.27. The van der Waals surface area contributed by atoms with Crippen molar-refractivity contribution in [3.05, 3.63) is 60.6 Å². The molecule has 0 bridgehead atoms. The zero-order chi connectivity index (χ0) is 22.7. The molecule has 1 aromatic heterocycles. The lowest BCUT2D eigenvalue weighted by Crippen LogP contribution is -2.27. The van der Waals surface area contributed by atoms with Crippen LogP contribution >= 0.6 is 0 Å². The summed E-state index contributed by atoms with van der Waals surface area (Å²) in [6.07, 6.45) is -7.31. The summed E-state index contributed by atoms with van der Waals surface area (Å²) >= 11 is 0. The molecule has 6 nitrogen and oxygen atoms in total. The Morgan fingerprint density at radius 1 is 1.23 bits per heavy atom. The molecule has 2 aromatic rings. The molecule has 0 radical (unpaired) electrons. The fraction of sp³-hybridized carbons (Fsp3) is 0.222. The third-order valence-electron chi connectivity index (χ3n) is 3.62. The van der Waals surface area contributed by atoms with Gasteiger partial charge in [-0.2, -0.15) is 26.3 Å². The molecule has 162 valence electrons. The van der Waals surface area contributed by atoms with Crippen LogP contribution in [0, 0.1) is 6.92 Å². The highest BCUT2D eigenvalue weighted by Crippen LogP contribution is 2.29. The van der Waals surface area contributed by atoms with Crippen LogP contribution in [0.15, 0.2) is 59.9 Å². The van der Waals surface area contributed by atoms with Crippen LogP contribution in [0.25, 0.3) is 5.69 Å². The van der Waals surface area contributed by atoms with Crippen molar-refractivity contribution in [2.75, 3.05) is 12.4 Å². The van der Waals surface area contributed by atoms with Crippen molar-refractivity contribution in [3.63, 3.8) is 0 Å². The number of imidazole rings is 1. The van der Waals surface area contributed by atoms with Crippen molar-refractivity contribution in [2.24, 2.45) is 10.7 Å². The Kier molecular flexibility index (Phi) is 6.48. The van der Waals surface area contributed by atoms with Crippen molar-refractivity contribution in [1.82, 2.24) is 9.55 Å². The molecule has 0 saturated carbocycles. The molecular formula is C18H17F6N5O. The predicted octanol–water partition coefficient (Wildman–Crippen LogP) is 4.48. The molecule has 0 fully saturated rings. The van der Waals surface area contributed by atoms with E-state index >= 15 is 0 Å². The summed E-state index contributed by atoms with van der Waals surface area (Å²) in [5.74, 6) is -0.201. The van der Waals surface area contributed by atoms with E-state index in [2.05, 4.69) is 27.6 Å². The molecule has 0 unspecified atom stereocenters. The Labute approximate surface area is 167 Å². The van der Waals surface area contributed by atoms with E-state index in [1.54, 1.807) is 30.1 Å². The topological polar surface area (TPSA) is 77.5 Å². The molecular weight excluding hydrogens is 416 g/mol. The van der Waals surface area contributed by atoms with Crippen molar-refractivity contribution in [1.29, 1.82) is 0 Å². The van der Waals surface area contributed by atoms with Gasteiger partial charge in [0.05, 0.1) is 24.8 Å². The maximum atomic E-state index is 13.0. The first-order valence-corrected chi connectivity index (χ1v) is 8.16. The average Bonchev–Trinajstić information content (AvgIpc) is 3.05. The van der Waals surface area contributed by atoms with Gasteiger partial charge in [0.2, 0.25) is 0 Å². The number of aliphatic imine (C=N–C) groups is 1. The predicted molar refractivity (Wildman–Crippen MR) is 99.4 cm³/mol. The lowest BCUT2D eigenvalue weighted by atomic mass is 10.2. The maximum Gasteiger partial charge on any atom is 0.433 e. The van der Waals surface area contributed by atoms with E-state index in [0.717, 1.165) is 5.69 Å². The Morgan fingerprint density at radius 2 is 1.90 bits per heavy atom. The van der Waals surface area contributed by atoms with Gasteiger partial charge in [0.25, 0.3) is 0 Å². The summed E-state index contributed by atoms with van der Waals surface area (Å²) in [6.45, 7) is 5.10. The highest BCUT2D eigenvalue weighted by Gasteiger charge is 2.38. The molecule has 30 heavy (non-hydrogen) atoms. The van der Waals surface area contributed by atoms with Gasteiger partial charge in [0.15, 0.2) is 0 Å². The molecule has 0 aliphatic heterocycles. The second-order valence-corrected chi connectivity index (χ2v) is 5.97. The molecule has 0 aliphatic rings. The number of aryl methyl sites for hydroxylation is 1. The average molecular weight is 433 g/mol. The number of nitrogens with one attached hydrogen (secondary N) is 1. The normalized spacial score (nSPS) is 13.3. The molecule has 0 saturated heterocycles. The van der Waals surface area contributed by atoms with Crippen LogP contribution in [0.3, 0.4) is 0 Å². The van der Waals surface area contributed by atoms with Crippen LogP contribution in [-0.2, 0) is 0 Å². The highest BCUT2D eigenvalue weighted by atomic mass is 19.4. The van der Waals surface area contributed by atoms with Gasteiger partial charge >= 0.3 is 12.4 Å². The largest absolute Gasteiger partial charge is 0.494 e. The summed E-state index contributed by atoms with van der Waals surface area (Å²) in [5.41, 5.74) is 2.49. The smallest absolute Gasteiger partial charge is 0.433 e. The SMILES string of the molecule is C=C(/N=C(\C=C(/N)C(F)(F)F)C(F)(F)F)Nc1ccc(-n2cnc(C)c2)c(OC)c1. The van der Waals surface area contributed by atoms with Gasteiger partial charge in [0.1, 0.15) is 23.0 Å². The van der Waals surface area contributed by atoms with Crippen LogP contribution in [0.4, 0.5) is 32.0 Å². The third-order valence-corrected chi connectivity index (χ3v) is 3.62. The molecule has 2 rings (SSSR count). The zero-order valence-corrected chi connectivity index (χ0v) is 15.8. The van der Waals surface area contributed by atoms with E-state index in [-0.39, 0.29) is 11.8 Å². The minimum atomic E-state index is -5.18. The molecule has 12 heteroatoms. The van der Waals surface area contributed by atoms with E-state index in [0.29, 0.717) is 11.4 Å². The number of allylic oxidation sites excluding steroid dienone is 2. The summed E-state index contributed by atoms with van der Waals surface area (Å²) in [6, 6.07) is 4.56. The summed E-state index contributed by atoms with van der Waals surface area (Å²) in [4.78, 5) is 7.20. The highest BCUT2D eigenvalue weighted by molar-refractivity contribution is 6.00. The summed E-state index contributed by atoms with van der Waals surface area (Å²) in [7, 11) is 1.39. The van der Waals surface area contributed by atoms with Crippen molar-refractivity contribution in [3.8, 4) is 11.4 Å². The number of nitrogens with two attached hydrogens (primary N) is 1. The minimum Gasteiger partial charge on any atom is -0.494 e. The minimum absolute atomic E-state index is 0.246. The van der Waals surface area contributed by atoms with E-state index in [1.165, 1.54) is 19.2 Å². The molecule has 0 aliphatic carbocycles. The number of aromatic nitrogens is 2. The number of hydrogen-bond acceptors (Lipinski definition) is 5. The van der Waals surface area contributed by atoms with Crippen molar-refractivity contribution < 1.29 is 31.1 Å². The van der Waals surface area contributed by atoms with Crippen molar-refractivity contribution >= 4 is 11.4 Å². The van der Waals surface area contributed by atoms with Gasteiger partial charge in [-0.1, -0.05) is 6.58 Å². The maximum absolute atomic E-state index is 13.0. The number of anilines is 1. The van der Waals surface area contributed by atoms with Gasteiger partial charge in [-0.25, -0.2) is 9.98 Å². The van der Waals surface area contributed by atoms with Gasteiger partial charge in [-0.05, 0) is 25.1 Å². The number of methoxy groups -OCH3 is 1. The lowest BCUT2D eigenvalue weighted by Gasteiger charge is -2.14. The zero-order valence-electron chi connectivity index (χ0n) is 15.8. The first kappa shape index (κ1) is 22.8. The van der Waals surface area contributed by atoms with Crippen LogP contribution < -0.4 is 15.8 Å². The van der Waals surface area contributed by atoms with Crippen molar-refractivity contribution in [2.45, 2.75) is 19.3 Å². The number of benzene rings is 1. The monoisotopic (exact) mass is 433 g/mol. The van der Waals surface area contributed by atoms with Crippen LogP contribution in [-0.4, -0.2) is 34.7 Å². The Hall–Kier alpha value is -3.44. The van der Waals surface area contributed by atoms with Crippen LogP contribution in [0.2, 0.25) is 0 Å². The first-order valence-electron chi connectivity index (χ1n) is 8.16. The van der Waals surface area contributed by atoms with Gasteiger partial charge in [-0.3, -0.25) is 0 Å². The second kappa shape index (κ2) is 8.51. The molecule has 1 aromatic carbocycles. The Balaban J connectivity index is 2.31.